The predicted molar refractivity (Wildman–Crippen MR) is 137 cm³/mol. The zero-order valence-corrected chi connectivity index (χ0v) is 19.5. The van der Waals surface area contributed by atoms with Crippen molar-refractivity contribution >= 4 is 21.5 Å². The molecule has 0 aliphatic heterocycles. The van der Waals surface area contributed by atoms with Crippen LogP contribution in [0.5, 0.6) is 11.5 Å². The molecule has 0 aliphatic rings. The lowest BCUT2D eigenvalue weighted by atomic mass is 9.96. The molecule has 0 spiro atoms. The molecule has 0 N–H and O–H groups in total. The molecule has 0 aliphatic carbocycles. The number of benzene rings is 3. The van der Waals surface area contributed by atoms with Gasteiger partial charge in [0.15, 0.2) is 11.5 Å². The van der Waals surface area contributed by atoms with Gasteiger partial charge >= 0.3 is 0 Å². The summed E-state index contributed by atoms with van der Waals surface area (Å²) < 4.78 is 12.8. The molecular weight excluding hydrogens is 392 g/mol. The number of terminal acetylenes is 2. The molecule has 2 nitrogen and oxygen atoms in total. The zero-order valence-electron chi connectivity index (χ0n) is 19.5. The lowest BCUT2D eigenvalue weighted by molar-refractivity contribution is 0.264. The standard InChI is InChI=1S/C30H34O2/c1-5-9-11-13-19-31-29-25-17-15-23(7-3)21-27(25)28-22-24(8-4)16-18-26(28)30(29)32-20-14-12-10-6-2/h3-4,15-18,21-22H,5-6,9-14,19-20H2,1-2H3. The van der Waals surface area contributed by atoms with E-state index < -0.39 is 0 Å². The van der Waals surface area contributed by atoms with Crippen LogP contribution >= 0.6 is 0 Å². The molecule has 3 aromatic rings. The van der Waals surface area contributed by atoms with E-state index in [9.17, 15) is 0 Å². The lowest BCUT2D eigenvalue weighted by Crippen LogP contribution is -2.04. The Morgan fingerprint density at radius 1 is 0.594 bits per heavy atom. The fourth-order valence-electron chi connectivity index (χ4n) is 4.05. The summed E-state index contributed by atoms with van der Waals surface area (Å²) in [5.41, 5.74) is 1.68. The van der Waals surface area contributed by atoms with Crippen LogP contribution in [0, 0.1) is 24.7 Å². The van der Waals surface area contributed by atoms with Gasteiger partial charge in [0.05, 0.1) is 13.2 Å². The van der Waals surface area contributed by atoms with Crippen LogP contribution in [0.25, 0.3) is 21.5 Å². The fraction of sp³-hybridized carbons (Fsp3) is 0.400. The van der Waals surface area contributed by atoms with E-state index >= 15 is 0 Å². The Balaban J connectivity index is 2.10. The normalized spacial score (nSPS) is 10.8. The first kappa shape index (κ1) is 23.6. The molecule has 0 bridgehead atoms. The van der Waals surface area contributed by atoms with Crippen LogP contribution < -0.4 is 9.47 Å². The summed E-state index contributed by atoms with van der Waals surface area (Å²) in [4.78, 5) is 0. The van der Waals surface area contributed by atoms with Crippen molar-refractivity contribution in [2.24, 2.45) is 0 Å². The van der Waals surface area contributed by atoms with Gasteiger partial charge in [-0.3, -0.25) is 0 Å². The Morgan fingerprint density at radius 2 is 1.03 bits per heavy atom. The molecule has 0 saturated heterocycles. The van der Waals surface area contributed by atoms with Crippen LogP contribution in [0.1, 0.15) is 76.3 Å². The molecule has 166 valence electrons. The van der Waals surface area contributed by atoms with Crippen LogP contribution in [0.2, 0.25) is 0 Å². The molecule has 2 heteroatoms. The zero-order chi connectivity index (χ0) is 22.8. The highest BCUT2D eigenvalue weighted by atomic mass is 16.5. The Bertz CT molecular complexity index is 1040. The number of fused-ring (bicyclic) bond motifs is 3. The van der Waals surface area contributed by atoms with Crippen molar-refractivity contribution in [2.75, 3.05) is 13.2 Å². The molecular formula is C30H34O2. The van der Waals surface area contributed by atoms with E-state index in [1.807, 2.05) is 24.3 Å². The van der Waals surface area contributed by atoms with E-state index in [1.54, 1.807) is 0 Å². The van der Waals surface area contributed by atoms with E-state index in [0.29, 0.717) is 13.2 Å². The van der Waals surface area contributed by atoms with Crippen molar-refractivity contribution in [1.29, 1.82) is 0 Å². The van der Waals surface area contributed by atoms with Crippen LogP contribution in [0.15, 0.2) is 36.4 Å². The molecule has 0 aromatic heterocycles. The third-order valence-electron chi connectivity index (χ3n) is 5.85. The highest BCUT2D eigenvalue weighted by molar-refractivity contribution is 6.14. The highest BCUT2D eigenvalue weighted by Crippen LogP contribution is 2.44. The number of unbranched alkanes of at least 4 members (excludes halogenated alkanes) is 6. The summed E-state index contributed by atoms with van der Waals surface area (Å²) in [5.74, 6) is 7.14. The van der Waals surface area contributed by atoms with Gasteiger partial charge in [-0.25, -0.2) is 0 Å². The van der Waals surface area contributed by atoms with Gasteiger partial charge in [-0.15, -0.1) is 12.8 Å². The summed E-state index contributed by atoms with van der Waals surface area (Å²) in [7, 11) is 0. The molecule has 0 heterocycles. The smallest absolute Gasteiger partial charge is 0.169 e. The first-order valence-corrected chi connectivity index (χ1v) is 12.0. The van der Waals surface area contributed by atoms with Crippen molar-refractivity contribution in [3.8, 4) is 36.2 Å². The number of ether oxygens (including phenoxy) is 2. The maximum atomic E-state index is 6.40. The molecule has 0 saturated carbocycles. The second-order valence-corrected chi connectivity index (χ2v) is 8.29. The SMILES string of the molecule is C#Cc1ccc2c(OCCCCCC)c(OCCCCCC)c3ccc(C#C)cc3c2c1. The average Bonchev–Trinajstić information content (AvgIpc) is 2.83. The summed E-state index contributed by atoms with van der Waals surface area (Å²) in [6.07, 6.45) is 20.7. The van der Waals surface area contributed by atoms with Crippen LogP contribution in [-0.4, -0.2) is 13.2 Å². The average molecular weight is 427 g/mol. The van der Waals surface area contributed by atoms with Crippen molar-refractivity contribution in [3.05, 3.63) is 47.5 Å². The topological polar surface area (TPSA) is 18.5 Å². The summed E-state index contributed by atoms with van der Waals surface area (Å²) in [6, 6.07) is 12.1. The van der Waals surface area contributed by atoms with E-state index in [4.69, 9.17) is 22.3 Å². The Kier molecular flexibility index (Phi) is 8.89. The Morgan fingerprint density at radius 3 is 1.41 bits per heavy atom. The van der Waals surface area contributed by atoms with Gasteiger partial charge in [-0.05, 0) is 60.0 Å². The summed E-state index contributed by atoms with van der Waals surface area (Å²) >= 11 is 0. The van der Waals surface area contributed by atoms with Gasteiger partial charge in [0.25, 0.3) is 0 Å². The second-order valence-electron chi connectivity index (χ2n) is 8.29. The largest absolute Gasteiger partial charge is 0.489 e. The maximum absolute atomic E-state index is 6.40. The quantitative estimate of drug-likeness (QED) is 0.167. The minimum Gasteiger partial charge on any atom is -0.489 e. The van der Waals surface area contributed by atoms with Crippen molar-refractivity contribution in [3.63, 3.8) is 0 Å². The molecule has 0 fully saturated rings. The predicted octanol–water partition coefficient (Wildman–Crippen LogP) is 7.87. The van der Waals surface area contributed by atoms with Crippen molar-refractivity contribution < 1.29 is 9.47 Å². The number of rotatable bonds is 12. The lowest BCUT2D eigenvalue weighted by Gasteiger charge is -2.19. The first-order valence-electron chi connectivity index (χ1n) is 12.0. The van der Waals surface area contributed by atoms with Gasteiger partial charge < -0.3 is 9.47 Å². The highest BCUT2D eigenvalue weighted by Gasteiger charge is 2.18. The van der Waals surface area contributed by atoms with Crippen LogP contribution in [-0.2, 0) is 0 Å². The third-order valence-corrected chi connectivity index (χ3v) is 5.85. The Hall–Kier alpha value is -3.10. The van der Waals surface area contributed by atoms with E-state index in [0.717, 1.165) is 57.0 Å². The second kappa shape index (κ2) is 12.1. The van der Waals surface area contributed by atoms with Gasteiger partial charge in [-0.2, -0.15) is 0 Å². The van der Waals surface area contributed by atoms with Gasteiger partial charge in [0, 0.05) is 21.9 Å². The molecule has 3 rings (SSSR count). The van der Waals surface area contributed by atoms with Crippen molar-refractivity contribution in [2.45, 2.75) is 65.2 Å². The van der Waals surface area contributed by atoms with E-state index in [2.05, 4.69) is 37.8 Å². The first-order chi connectivity index (χ1) is 15.7. The molecule has 0 unspecified atom stereocenters. The van der Waals surface area contributed by atoms with Gasteiger partial charge in [0.2, 0.25) is 0 Å². The molecule has 3 aromatic carbocycles. The Labute approximate surface area is 193 Å². The fourth-order valence-corrected chi connectivity index (χ4v) is 4.05. The van der Waals surface area contributed by atoms with Gasteiger partial charge in [-0.1, -0.05) is 64.2 Å². The monoisotopic (exact) mass is 426 g/mol. The number of hydrogen-bond donors (Lipinski definition) is 0. The minimum atomic E-state index is 0.673. The maximum Gasteiger partial charge on any atom is 0.169 e. The molecule has 0 amide bonds. The van der Waals surface area contributed by atoms with Crippen molar-refractivity contribution in [1.82, 2.24) is 0 Å². The van der Waals surface area contributed by atoms with Crippen LogP contribution in [0.4, 0.5) is 0 Å². The minimum absolute atomic E-state index is 0.673. The van der Waals surface area contributed by atoms with Crippen LogP contribution in [0.3, 0.4) is 0 Å². The summed E-state index contributed by atoms with van der Waals surface area (Å²) in [5, 5.41) is 4.14. The third kappa shape index (κ3) is 5.57. The molecule has 0 atom stereocenters. The molecule has 32 heavy (non-hydrogen) atoms. The van der Waals surface area contributed by atoms with Gasteiger partial charge in [0.1, 0.15) is 0 Å². The van der Waals surface area contributed by atoms with E-state index in [1.165, 1.54) is 38.5 Å². The summed E-state index contributed by atoms with van der Waals surface area (Å²) in [6.45, 7) is 5.78. The molecule has 0 radical (unpaired) electrons. The van der Waals surface area contributed by atoms with E-state index in [-0.39, 0.29) is 0 Å². The number of hydrogen-bond acceptors (Lipinski definition) is 2.